The minimum absolute atomic E-state index is 0.0497. The lowest BCUT2D eigenvalue weighted by Gasteiger charge is -2.06. The van der Waals surface area contributed by atoms with Crippen LogP contribution in [0.4, 0.5) is 5.69 Å². The van der Waals surface area contributed by atoms with Crippen molar-refractivity contribution < 1.29 is 4.79 Å². The molecule has 1 N–H and O–H groups in total. The van der Waals surface area contributed by atoms with Gasteiger partial charge in [-0.2, -0.15) is 10.2 Å². The molecule has 170 valence electrons. The van der Waals surface area contributed by atoms with Gasteiger partial charge in [0.25, 0.3) is 0 Å². The molecule has 0 aliphatic carbocycles. The molecule has 0 spiro atoms. The van der Waals surface area contributed by atoms with E-state index < -0.39 is 0 Å². The molecular weight excluding hydrogens is 448 g/mol. The Hall–Kier alpha value is -3.97. The first-order chi connectivity index (χ1) is 16.5. The summed E-state index contributed by atoms with van der Waals surface area (Å²) in [5.74, 6) is -0.200. The molecule has 0 aliphatic rings. The largest absolute Gasteiger partial charge is 0.322 e. The van der Waals surface area contributed by atoms with Crippen molar-refractivity contribution in [3.63, 3.8) is 0 Å². The van der Waals surface area contributed by atoms with Gasteiger partial charge in [0, 0.05) is 22.8 Å². The molecule has 5 rings (SSSR count). The van der Waals surface area contributed by atoms with Gasteiger partial charge in [-0.05, 0) is 48.7 Å². The molecule has 8 heteroatoms. The second-order valence-corrected chi connectivity index (χ2v) is 8.71. The normalized spacial score (nSPS) is 11.1. The van der Waals surface area contributed by atoms with Crippen molar-refractivity contribution in [2.75, 3.05) is 5.32 Å². The summed E-state index contributed by atoms with van der Waals surface area (Å²) in [6.45, 7) is 4.62. The molecule has 34 heavy (non-hydrogen) atoms. The average Bonchev–Trinajstić information content (AvgIpc) is 3.37. The topological polar surface area (TPSA) is 77.6 Å². The van der Waals surface area contributed by atoms with E-state index in [-0.39, 0.29) is 12.5 Å². The van der Waals surface area contributed by atoms with Crippen LogP contribution in [0.25, 0.3) is 22.2 Å². The number of amides is 1. The fraction of sp³-hybridized carbons (Fsp3) is 0.154. The highest BCUT2D eigenvalue weighted by atomic mass is 35.5. The van der Waals surface area contributed by atoms with E-state index in [1.165, 1.54) is 5.56 Å². The van der Waals surface area contributed by atoms with Gasteiger partial charge in [-0.1, -0.05) is 53.6 Å². The molecule has 3 heterocycles. The van der Waals surface area contributed by atoms with Crippen LogP contribution in [-0.2, 0) is 17.9 Å². The van der Waals surface area contributed by atoms with Crippen LogP contribution in [0, 0.1) is 13.8 Å². The van der Waals surface area contributed by atoms with E-state index >= 15 is 0 Å². The zero-order valence-electron chi connectivity index (χ0n) is 18.9. The van der Waals surface area contributed by atoms with Gasteiger partial charge in [0.2, 0.25) is 5.91 Å². The summed E-state index contributed by atoms with van der Waals surface area (Å²) in [5.41, 5.74) is 6.51. The van der Waals surface area contributed by atoms with E-state index in [0.717, 1.165) is 27.8 Å². The predicted octanol–water partition coefficient (Wildman–Crippen LogP) is 5.25. The zero-order valence-corrected chi connectivity index (χ0v) is 19.6. The van der Waals surface area contributed by atoms with Crippen molar-refractivity contribution in [2.24, 2.45) is 0 Å². The number of nitrogens with one attached hydrogen (secondary N) is 1. The molecule has 0 saturated heterocycles. The van der Waals surface area contributed by atoms with Crippen molar-refractivity contribution in [3.05, 3.63) is 95.0 Å². The van der Waals surface area contributed by atoms with Gasteiger partial charge < -0.3 is 5.32 Å². The standard InChI is InChI=1S/C26H23ClN6O/c1-17-5-3-7-20(11-17)23-9-10-28-26-25(23)18(2)31-33(26)16-24(34)30-22-13-29-32(15-22)14-19-6-4-8-21(27)12-19/h3-13,15H,14,16H2,1-2H3,(H,30,34). The summed E-state index contributed by atoms with van der Waals surface area (Å²) in [6.07, 6.45) is 5.18. The Bertz CT molecular complexity index is 1500. The van der Waals surface area contributed by atoms with Crippen LogP contribution in [0.15, 0.2) is 73.2 Å². The smallest absolute Gasteiger partial charge is 0.246 e. The minimum Gasteiger partial charge on any atom is -0.322 e. The fourth-order valence-electron chi connectivity index (χ4n) is 4.12. The molecule has 0 radical (unpaired) electrons. The molecule has 7 nitrogen and oxygen atoms in total. The summed E-state index contributed by atoms with van der Waals surface area (Å²) in [4.78, 5) is 17.3. The van der Waals surface area contributed by atoms with Gasteiger partial charge >= 0.3 is 0 Å². The van der Waals surface area contributed by atoms with E-state index in [2.05, 4.69) is 45.6 Å². The maximum atomic E-state index is 12.8. The maximum Gasteiger partial charge on any atom is 0.246 e. The van der Waals surface area contributed by atoms with Crippen molar-refractivity contribution in [2.45, 2.75) is 26.9 Å². The second-order valence-electron chi connectivity index (χ2n) is 8.27. The number of hydrogen-bond donors (Lipinski definition) is 1. The minimum atomic E-state index is -0.200. The van der Waals surface area contributed by atoms with Gasteiger partial charge in [0.05, 0.1) is 24.1 Å². The van der Waals surface area contributed by atoms with Gasteiger partial charge in [-0.25, -0.2) is 9.67 Å². The number of rotatable bonds is 6. The monoisotopic (exact) mass is 470 g/mol. The lowest BCUT2D eigenvalue weighted by molar-refractivity contribution is -0.116. The maximum absolute atomic E-state index is 12.8. The Morgan fingerprint density at radius 3 is 2.76 bits per heavy atom. The Morgan fingerprint density at radius 2 is 1.94 bits per heavy atom. The third-order valence-electron chi connectivity index (χ3n) is 5.58. The van der Waals surface area contributed by atoms with Gasteiger partial charge in [0.15, 0.2) is 5.65 Å². The highest BCUT2D eigenvalue weighted by molar-refractivity contribution is 6.30. The summed E-state index contributed by atoms with van der Waals surface area (Å²) < 4.78 is 3.40. The summed E-state index contributed by atoms with van der Waals surface area (Å²) in [7, 11) is 0. The van der Waals surface area contributed by atoms with Crippen molar-refractivity contribution in [1.82, 2.24) is 24.5 Å². The highest BCUT2D eigenvalue weighted by Crippen LogP contribution is 2.30. The van der Waals surface area contributed by atoms with Crippen molar-refractivity contribution >= 4 is 34.2 Å². The molecule has 0 fully saturated rings. The fourth-order valence-corrected chi connectivity index (χ4v) is 4.33. The number of fused-ring (bicyclic) bond motifs is 1. The van der Waals surface area contributed by atoms with Crippen LogP contribution >= 0.6 is 11.6 Å². The Balaban J connectivity index is 1.34. The second kappa shape index (κ2) is 9.11. The summed E-state index contributed by atoms with van der Waals surface area (Å²) >= 11 is 6.06. The number of halogens is 1. The SMILES string of the molecule is Cc1cccc(-c2ccnc3c2c(C)nn3CC(=O)Nc2cnn(Cc3cccc(Cl)c3)c2)c1. The lowest BCUT2D eigenvalue weighted by Crippen LogP contribution is -2.19. The van der Waals surface area contributed by atoms with Gasteiger partial charge in [-0.15, -0.1) is 0 Å². The average molecular weight is 471 g/mol. The van der Waals surface area contributed by atoms with E-state index in [1.807, 2.05) is 43.3 Å². The van der Waals surface area contributed by atoms with Crippen LogP contribution in [0.2, 0.25) is 5.02 Å². The Kier molecular flexibility index (Phi) is 5.86. The van der Waals surface area contributed by atoms with Gasteiger partial charge in [0.1, 0.15) is 6.54 Å². The molecule has 5 aromatic rings. The number of aryl methyl sites for hydroxylation is 2. The third-order valence-corrected chi connectivity index (χ3v) is 5.82. The van der Waals surface area contributed by atoms with Crippen LogP contribution in [-0.4, -0.2) is 30.5 Å². The van der Waals surface area contributed by atoms with E-state index in [0.29, 0.717) is 22.9 Å². The number of carbonyl (C=O) groups is 1. The Labute approximate surface area is 202 Å². The molecule has 3 aromatic heterocycles. The van der Waals surface area contributed by atoms with E-state index in [1.54, 1.807) is 28.0 Å². The number of aromatic nitrogens is 5. The predicted molar refractivity (Wildman–Crippen MR) is 134 cm³/mol. The number of pyridine rings is 1. The summed E-state index contributed by atoms with van der Waals surface area (Å²) in [6, 6.07) is 17.9. The first kappa shape index (κ1) is 21.9. The van der Waals surface area contributed by atoms with Gasteiger partial charge in [-0.3, -0.25) is 9.48 Å². The van der Waals surface area contributed by atoms with E-state index in [9.17, 15) is 4.79 Å². The van der Waals surface area contributed by atoms with Crippen LogP contribution in [0.5, 0.6) is 0 Å². The number of carbonyl (C=O) groups excluding carboxylic acids is 1. The Morgan fingerprint density at radius 1 is 1.09 bits per heavy atom. The van der Waals surface area contributed by atoms with Crippen LogP contribution in [0.3, 0.4) is 0 Å². The summed E-state index contributed by atoms with van der Waals surface area (Å²) in [5, 5.41) is 13.5. The van der Waals surface area contributed by atoms with E-state index in [4.69, 9.17) is 11.6 Å². The van der Waals surface area contributed by atoms with Crippen molar-refractivity contribution in [3.8, 4) is 11.1 Å². The number of nitrogens with zero attached hydrogens (tertiary/aromatic N) is 5. The third kappa shape index (κ3) is 4.56. The highest BCUT2D eigenvalue weighted by Gasteiger charge is 2.16. The molecular formula is C26H23ClN6O. The van der Waals surface area contributed by atoms with Crippen LogP contribution < -0.4 is 5.32 Å². The molecule has 0 atom stereocenters. The first-order valence-corrected chi connectivity index (χ1v) is 11.3. The zero-order chi connectivity index (χ0) is 23.7. The molecule has 1 amide bonds. The van der Waals surface area contributed by atoms with Crippen molar-refractivity contribution in [1.29, 1.82) is 0 Å². The molecule has 0 bridgehead atoms. The van der Waals surface area contributed by atoms with Crippen LogP contribution in [0.1, 0.15) is 16.8 Å². The molecule has 2 aromatic carbocycles. The lowest BCUT2D eigenvalue weighted by atomic mass is 10.0. The quantitative estimate of drug-likeness (QED) is 0.367. The number of hydrogen-bond acceptors (Lipinski definition) is 4. The molecule has 0 aliphatic heterocycles. The molecule has 0 saturated carbocycles. The number of anilines is 1. The number of benzene rings is 2. The molecule has 0 unspecified atom stereocenters. The first-order valence-electron chi connectivity index (χ1n) is 10.9.